The summed E-state index contributed by atoms with van der Waals surface area (Å²) in [7, 11) is 0. The van der Waals surface area contributed by atoms with Crippen molar-refractivity contribution in [3.05, 3.63) is 23.4 Å². The lowest BCUT2D eigenvalue weighted by Crippen LogP contribution is -2.22. The summed E-state index contributed by atoms with van der Waals surface area (Å²) in [6.07, 6.45) is 7.92. The zero-order valence-corrected chi connectivity index (χ0v) is 13.4. The number of carbonyl (C=O) groups is 1. The first-order valence-electron chi connectivity index (χ1n) is 6.99. The highest BCUT2D eigenvalue weighted by atomic mass is 32.2. The van der Waals surface area contributed by atoms with Crippen molar-refractivity contribution in [2.75, 3.05) is 6.26 Å². The van der Waals surface area contributed by atoms with Crippen molar-refractivity contribution in [2.24, 2.45) is 5.92 Å². The molecule has 0 aromatic carbocycles. The van der Waals surface area contributed by atoms with E-state index in [1.54, 1.807) is 29.3 Å². The van der Waals surface area contributed by atoms with Gasteiger partial charge < -0.3 is 0 Å². The third-order valence-corrected chi connectivity index (χ3v) is 6.29. The highest BCUT2D eigenvalue weighted by Crippen LogP contribution is 2.45. The third-order valence-electron chi connectivity index (χ3n) is 3.90. The first-order chi connectivity index (χ1) is 9.76. The molecule has 106 valence electrons. The van der Waals surface area contributed by atoms with Gasteiger partial charge in [0.25, 0.3) is 0 Å². The number of rotatable bonds is 4. The van der Waals surface area contributed by atoms with Crippen LogP contribution in [0.5, 0.6) is 0 Å². The van der Waals surface area contributed by atoms with Crippen LogP contribution in [0, 0.1) is 5.92 Å². The lowest BCUT2D eigenvalue weighted by molar-refractivity contribution is 0.0892. The summed E-state index contributed by atoms with van der Waals surface area (Å²) < 4.78 is 1.16. The maximum absolute atomic E-state index is 12.7. The summed E-state index contributed by atoms with van der Waals surface area (Å²) in [5.41, 5.74) is 3.27. The number of fused-ring (bicyclic) bond motifs is 1. The Hall–Kier alpha value is -1.07. The lowest BCUT2D eigenvalue weighted by atomic mass is 9.81. The number of nitrogens with zero attached hydrogens (tertiary/aromatic N) is 1. The number of hydrogen-bond donors (Lipinski definition) is 1. The van der Waals surface area contributed by atoms with Crippen LogP contribution in [0.3, 0.4) is 0 Å². The summed E-state index contributed by atoms with van der Waals surface area (Å²) in [6, 6.07) is 1.98. The van der Waals surface area contributed by atoms with E-state index in [0.717, 1.165) is 41.1 Å². The second-order valence-electron chi connectivity index (χ2n) is 5.14. The Bertz CT molecular complexity index is 616. The molecule has 0 radical (unpaired) electrons. The van der Waals surface area contributed by atoms with Gasteiger partial charge in [-0.2, -0.15) is 5.10 Å². The molecule has 2 heterocycles. The predicted octanol–water partition coefficient (Wildman–Crippen LogP) is 4.41. The Balaban J connectivity index is 2.07. The number of thioether (sulfide) groups is 1. The molecule has 3 nitrogen and oxygen atoms in total. The number of Topliss-reactive ketones (excluding diaryl/α,β-unsaturated/α-hetero) is 1. The normalized spacial score (nSPS) is 18.3. The van der Waals surface area contributed by atoms with Crippen molar-refractivity contribution in [1.29, 1.82) is 0 Å². The largest absolute Gasteiger partial charge is 0.294 e. The first kappa shape index (κ1) is 13.9. The summed E-state index contributed by atoms with van der Waals surface area (Å²) in [4.78, 5) is 13.9. The van der Waals surface area contributed by atoms with Crippen LogP contribution >= 0.6 is 23.1 Å². The van der Waals surface area contributed by atoms with Crippen LogP contribution in [0.15, 0.2) is 16.5 Å². The molecule has 0 amide bonds. The second-order valence-corrected chi connectivity index (χ2v) is 7.23. The quantitative estimate of drug-likeness (QED) is 0.851. The Kier molecular flexibility index (Phi) is 3.98. The van der Waals surface area contributed by atoms with Crippen LogP contribution in [0.4, 0.5) is 0 Å². The molecule has 2 aromatic rings. The van der Waals surface area contributed by atoms with Gasteiger partial charge in [0.05, 0.1) is 14.8 Å². The Morgan fingerprint density at radius 3 is 3.05 bits per heavy atom. The van der Waals surface area contributed by atoms with Gasteiger partial charge >= 0.3 is 0 Å². The van der Waals surface area contributed by atoms with Crippen LogP contribution in [0.25, 0.3) is 10.6 Å². The van der Waals surface area contributed by atoms with Gasteiger partial charge in [-0.25, -0.2) is 0 Å². The monoisotopic (exact) mass is 306 g/mol. The fourth-order valence-corrected chi connectivity index (χ4v) is 5.02. The summed E-state index contributed by atoms with van der Waals surface area (Å²) in [6.45, 7) is 2.15. The molecule has 1 unspecified atom stereocenters. The van der Waals surface area contributed by atoms with Crippen molar-refractivity contribution >= 4 is 28.9 Å². The van der Waals surface area contributed by atoms with E-state index in [9.17, 15) is 4.79 Å². The average molecular weight is 306 g/mol. The SMILES string of the molecule is CCCC1CCc2c(-c3ccn[nH]3)sc(SC)c2C1=O. The Morgan fingerprint density at radius 2 is 2.40 bits per heavy atom. The Morgan fingerprint density at radius 1 is 1.55 bits per heavy atom. The molecule has 5 heteroatoms. The van der Waals surface area contributed by atoms with Gasteiger partial charge in [-0.1, -0.05) is 13.3 Å². The molecular weight excluding hydrogens is 288 g/mol. The van der Waals surface area contributed by atoms with Crippen molar-refractivity contribution < 1.29 is 4.79 Å². The molecule has 0 saturated heterocycles. The van der Waals surface area contributed by atoms with E-state index in [-0.39, 0.29) is 5.92 Å². The molecule has 1 atom stereocenters. The average Bonchev–Trinajstić information content (AvgIpc) is 3.08. The maximum Gasteiger partial charge on any atom is 0.168 e. The molecular formula is C15H18N2OS2. The molecule has 0 spiro atoms. The number of ketones is 1. The minimum Gasteiger partial charge on any atom is -0.294 e. The highest BCUT2D eigenvalue weighted by molar-refractivity contribution is 8.00. The molecule has 1 N–H and O–H groups in total. The van der Waals surface area contributed by atoms with Gasteiger partial charge in [-0.3, -0.25) is 9.89 Å². The molecule has 0 fully saturated rings. The summed E-state index contributed by atoms with van der Waals surface area (Å²) in [5, 5.41) is 7.07. The van der Waals surface area contributed by atoms with Crippen molar-refractivity contribution in [1.82, 2.24) is 10.2 Å². The molecule has 0 saturated carbocycles. The van der Waals surface area contributed by atoms with Crippen LogP contribution in [0.2, 0.25) is 0 Å². The smallest absolute Gasteiger partial charge is 0.168 e. The zero-order valence-electron chi connectivity index (χ0n) is 11.7. The highest BCUT2D eigenvalue weighted by Gasteiger charge is 2.33. The van der Waals surface area contributed by atoms with E-state index in [2.05, 4.69) is 23.4 Å². The summed E-state index contributed by atoms with van der Waals surface area (Å²) in [5.74, 6) is 0.585. The number of H-pyrrole nitrogens is 1. The fraction of sp³-hybridized carbons (Fsp3) is 0.467. The van der Waals surface area contributed by atoms with Crippen LogP contribution in [-0.2, 0) is 6.42 Å². The molecule has 0 aliphatic heterocycles. The minimum absolute atomic E-state index is 0.225. The molecule has 0 bridgehead atoms. The number of nitrogens with one attached hydrogen (secondary N) is 1. The van der Waals surface area contributed by atoms with Gasteiger partial charge in [0.2, 0.25) is 0 Å². The van der Waals surface area contributed by atoms with Crippen LogP contribution in [0.1, 0.15) is 42.1 Å². The molecule has 1 aliphatic carbocycles. The lowest BCUT2D eigenvalue weighted by Gasteiger charge is -2.21. The van der Waals surface area contributed by atoms with Crippen molar-refractivity contribution in [3.8, 4) is 10.6 Å². The molecule has 20 heavy (non-hydrogen) atoms. The van der Waals surface area contributed by atoms with Crippen LogP contribution < -0.4 is 0 Å². The number of hydrogen-bond acceptors (Lipinski definition) is 4. The maximum atomic E-state index is 12.7. The van der Waals surface area contributed by atoms with E-state index >= 15 is 0 Å². The van der Waals surface area contributed by atoms with E-state index in [0.29, 0.717) is 5.78 Å². The van der Waals surface area contributed by atoms with E-state index in [4.69, 9.17) is 0 Å². The number of carbonyl (C=O) groups excluding carboxylic acids is 1. The first-order valence-corrected chi connectivity index (χ1v) is 9.04. The Labute approximate surface area is 127 Å². The predicted molar refractivity (Wildman–Crippen MR) is 84.7 cm³/mol. The standard InChI is InChI=1S/C15H18N2OS2/c1-3-4-9-5-6-10-12(13(9)18)15(19-2)20-14(10)11-7-8-16-17-11/h7-9H,3-6H2,1-2H3,(H,16,17). The number of thiophene rings is 1. The van der Waals surface area contributed by atoms with Gasteiger partial charge in [-0.15, -0.1) is 23.1 Å². The van der Waals surface area contributed by atoms with E-state index in [1.807, 2.05) is 6.07 Å². The molecule has 2 aromatic heterocycles. The van der Waals surface area contributed by atoms with Gasteiger partial charge in [0.15, 0.2) is 5.78 Å². The van der Waals surface area contributed by atoms with Gasteiger partial charge in [-0.05, 0) is 37.1 Å². The molecule has 3 rings (SSSR count). The van der Waals surface area contributed by atoms with E-state index < -0.39 is 0 Å². The van der Waals surface area contributed by atoms with E-state index in [1.165, 1.54) is 10.4 Å². The van der Waals surface area contributed by atoms with Crippen molar-refractivity contribution in [2.45, 2.75) is 36.8 Å². The van der Waals surface area contributed by atoms with Crippen LogP contribution in [-0.4, -0.2) is 22.2 Å². The van der Waals surface area contributed by atoms with Gasteiger partial charge in [0.1, 0.15) is 0 Å². The van der Waals surface area contributed by atoms with Gasteiger partial charge in [0, 0.05) is 17.7 Å². The number of aromatic amines is 1. The minimum atomic E-state index is 0.225. The summed E-state index contributed by atoms with van der Waals surface area (Å²) >= 11 is 3.42. The second kappa shape index (κ2) is 5.74. The zero-order chi connectivity index (χ0) is 14.1. The topological polar surface area (TPSA) is 45.8 Å². The third kappa shape index (κ3) is 2.23. The van der Waals surface area contributed by atoms with Crippen molar-refractivity contribution in [3.63, 3.8) is 0 Å². The molecule has 1 aliphatic rings. The fourth-order valence-electron chi connectivity index (χ4n) is 2.95. The number of aromatic nitrogens is 2.